The summed E-state index contributed by atoms with van der Waals surface area (Å²) in [6.45, 7) is 2.56. The van der Waals surface area contributed by atoms with Gasteiger partial charge in [-0.1, -0.05) is 19.1 Å². The average Bonchev–Trinajstić information content (AvgIpc) is 3.28. The van der Waals surface area contributed by atoms with Gasteiger partial charge in [0.05, 0.1) is 0 Å². The molecule has 1 heterocycles. The monoisotopic (exact) mass is 327 g/mol. The third kappa shape index (κ3) is 2.78. The molecule has 1 amide bonds. The lowest BCUT2D eigenvalue weighted by Gasteiger charge is -2.20. The third-order valence-corrected chi connectivity index (χ3v) is 5.14. The molecule has 0 aromatic heterocycles. The molecule has 1 unspecified atom stereocenters. The number of nitrogens with zero attached hydrogens (tertiary/aromatic N) is 1. The summed E-state index contributed by atoms with van der Waals surface area (Å²) in [6, 6.07) is 3.96. The van der Waals surface area contributed by atoms with E-state index in [1.807, 2.05) is 19.1 Å². The normalized spacial score (nSPS) is 23.5. The Hall–Kier alpha value is -1.98. The molecule has 1 saturated carbocycles. The molecule has 24 heavy (non-hydrogen) atoms. The predicted molar refractivity (Wildman–Crippen MR) is 90.7 cm³/mol. The van der Waals surface area contributed by atoms with E-state index in [4.69, 9.17) is 0 Å². The molecular formula is C19H20FN2O2-. The molecular weight excluding hydrogens is 307 g/mol. The SMILES string of the molecule is CC1CC(F)=CC=C1C(=O)Nc1ccc(C2CC2)c2c1CN([O-])C2. The van der Waals surface area contributed by atoms with Crippen molar-refractivity contribution in [3.8, 4) is 0 Å². The summed E-state index contributed by atoms with van der Waals surface area (Å²) >= 11 is 0. The van der Waals surface area contributed by atoms with Crippen molar-refractivity contribution in [2.45, 2.75) is 45.2 Å². The van der Waals surface area contributed by atoms with Crippen molar-refractivity contribution in [1.82, 2.24) is 5.06 Å². The van der Waals surface area contributed by atoms with Crippen LogP contribution in [0.15, 0.2) is 35.7 Å². The Kier molecular flexibility index (Phi) is 3.77. The van der Waals surface area contributed by atoms with Crippen LogP contribution in [-0.4, -0.2) is 11.0 Å². The molecule has 0 spiro atoms. The van der Waals surface area contributed by atoms with Crippen molar-refractivity contribution in [2.75, 3.05) is 5.32 Å². The Labute approximate surface area is 140 Å². The van der Waals surface area contributed by atoms with Gasteiger partial charge in [0.25, 0.3) is 5.91 Å². The molecule has 3 aliphatic rings. The van der Waals surface area contributed by atoms with Crippen molar-refractivity contribution < 1.29 is 9.18 Å². The van der Waals surface area contributed by atoms with Crippen LogP contribution in [0.2, 0.25) is 0 Å². The molecule has 1 N–H and O–H groups in total. The summed E-state index contributed by atoms with van der Waals surface area (Å²) in [5, 5.41) is 15.8. The van der Waals surface area contributed by atoms with Crippen molar-refractivity contribution in [1.29, 1.82) is 0 Å². The number of anilines is 1. The first-order chi connectivity index (χ1) is 11.5. The van der Waals surface area contributed by atoms with E-state index in [-0.39, 0.29) is 24.1 Å². The van der Waals surface area contributed by atoms with Gasteiger partial charge < -0.3 is 15.6 Å². The molecule has 126 valence electrons. The van der Waals surface area contributed by atoms with Crippen molar-refractivity contribution in [3.05, 3.63) is 57.6 Å². The van der Waals surface area contributed by atoms with E-state index in [0.29, 0.717) is 30.3 Å². The average molecular weight is 327 g/mol. The fourth-order valence-corrected chi connectivity index (χ4v) is 3.69. The summed E-state index contributed by atoms with van der Waals surface area (Å²) in [6.07, 6.45) is 5.53. The minimum Gasteiger partial charge on any atom is -0.785 e. The van der Waals surface area contributed by atoms with E-state index in [9.17, 15) is 14.4 Å². The molecule has 1 aromatic rings. The van der Waals surface area contributed by atoms with Gasteiger partial charge in [0.15, 0.2) is 0 Å². The smallest absolute Gasteiger partial charge is 0.251 e. The summed E-state index contributed by atoms with van der Waals surface area (Å²) < 4.78 is 13.3. The summed E-state index contributed by atoms with van der Waals surface area (Å²) in [5.41, 5.74) is 4.57. The number of rotatable bonds is 3. The van der Waals surface area contributed by atoms with E-state index in [0.717, 1.165) is 16.2 Å². The van der Waals surface area contributed by atoms with Crippen LogP contribution in [0.5, 0.6) is 0 Å². The van der Waals surface area contributed by atoms with Gasteiger partial charge in [-0.05, 0) is 53.5 Å². The molecule has 0 saturated heterocycles. The maximum absolute atomic E-state index is 13.3. The van der Waals surface area contributed by atoms with Crippen LogP contribution in [-0.2, 0) is 17.9 Å². The first-order valence-corrected chi connectivity index (χ1v) is 8.47. The summed E-state index contributed by atoms with van der Waals surface area (Å²) in [4.78, 5) is 12.6. The Morgan fingerprint density at radius 1 is 1.25 bits per heavy atom. The first kappa shape index (κ1) is 15.5. The summed E-state index contributed by atoms with van der Waals surface area (Å²) in [7, 11) is 0. The van der Waals surface area contributed by atoms with Crippen molar-refractivity contribution in [3.63, 3.8) is 0 Å². The van der Waals surface area contributed by atoms with Crippen LogP contribution in [0.4, 0.5) is 10.1 Å². The molecule has 0 bridgehead atoms. The molecule has 5 heteroatoms. The number of hydrogen-bond donors (Lipinski definition) is 1. The zero-order valence-electron chi connectivity index (χ0n) is 13.6. The van der Waals surface area contributed by atoms with Gasteiger partial charge in [0, 0.05) is 30.8 Å². The number of amides is 1. The van der Waals surface area contributed by atoms with Gasteiger partial charge >= 0.3 is 0 Å². The van der Waals surface area contributed by atoms with Crippen molar-refractivity contribution in [2.24, 2.45) is 5.92 Å². The highest BCUT2D eigenvalue weighted by Crippen LogP contribution is 2.45. The Bertz CT molecular complexity index is 765. The second-order valence-electron chi connectivity index (χ2n) is 7.03. The number of carbonyl (C=O) groups excluding carboxylic acids is 1. The molecule has 1 aromatic carbocycles. The number of nitrogens with one attached hydrogen (secondary N) is 1. The number of allylic oxidation sites excluding steroid dienone is 3. The number of halogens is 1. The highest BCUT2D eigenvalue weighted by molar-refractivity contribution is 6.05. The molecule has 1 aliphatic heterocycles. The van der Waals surface area contributed by atoms with Crippen LogP contribution in [0.1, 0.15) is 48.8 Å². The van der Waals surface area contributed by atoms with Gasteiger partial charge in [-0.15, -0.1) is 0 Å². The molecule has 2 aliphatic carbocycles. The highest BCUT2D eigenvalue weighted by atomic mass is 19.1. The molecule has 1 atom stereocenters. The lowest BCUT2D eigenvalue weighted by atomic mass is 9.91. The van der Waals surface area contributed by atoms with Crippen LogP contribution in [0.25, 0.3) is 0 Å². The number of hydroxylamine groups is 2. The van der Waals surface area contributed by atoms with Crippen LogP contribution < -0.4 is 5.32 Å². The largest absolute Gasteiger partial charge is 0.785 e. The quantitative estimate of drug-likeness (QED) is 0.908. The third-order valence-electron chi connectivity index (χ3n) is 5.14. The fraction of sp³-hybridized carbons (Fsp3) is 0.421. The fourth-order valence-electron chi connectivity index (χ4n) is 3.69. The Morgan fingerprint density at radius 2 is 2.00 bits per heavy atom. The number of hydrogen-bond acceptors (Lipinski definition) is 3. The molecule has 4 rings (SSSR count). The van der Waals surface area contributed by atoms with Crippen LogP contribution >= 0.6 is 0 Å². The maximum atomic E-state index is 13.3. The number of carbonyl (C=O) groups is 1. The predicted octanol–water partition coefficient (Wildman–Crippen LogP) is 4.14. The van der Waals surface area contributed by atoms with Gasteiger partial charge in [-0.3, -0.25) is 4.79 Å². The minimum atomic E-state index is -0.211. The number of fused-ring (bicyclic) bond motifs is 1. The van der Waals surface area contributed by atoms with Gasteiger partial charge in [-0.25, -0.2) is 4.39 Å². The van der Waals surface area contributed by atoms with E-state index in [2.05, 4.69) is 5.32 Å². The lowest BCUT2D eigenvalue weighted by Crippen LogP contribution is -2.21. The van der Waals surface area contributed by atoms with Crippen molar-refractivity contribution >= 4 is 11.6 Å². The topological polar surface area (TPSA) is 55.4 Å². The zero-order chi connectivity index (χ0) is 16.8. The van der Waals surface area contributed by atoms with E-state index < -0.39 is 0 Å². The van der Waals surface area contributed by atoms with E-state index >= 15 is 0 Å². The van der Waals surface area contributed by atoms with Gasteiger partial charge in [0.1, 0.15) is 5.83 Å². The molecule has 0 radical (unpaired) electrons. The zero-order valence-corrected chi connectivity index (χ0v) is 13.6. The molecule has 4 nitrogen and oxygen atoms in total. The minimum absolute atomic E-state index is 0.148. The lowest BCUT2D eigenvalue weighted by molar-refractivity contribution is -0.113. The second kappa shape index (κ2) is 5.83. The van der Waals surface area contributed by atoms with Gasteiger partial charge in [0.2, 0.25) is 0 Å². The van der Waals surface area contributed by atoms with Crippen LogP contribution in [0.3, 0.4) is 0 Å². The van der Waals surface area contributed by atoms with E-state index in [1.165, 1.54) is 24.5 Å². The molecule has 1 fully saturated rings. The van der Waals surface area contributed by atoms with Crippen LogP contribution in [0, 0.1) is 11.1 Å². The second-order valence-corrected chi connectivity index (χ2v) is 7.03. The van der Waals surface area contributed by atoms with E-state index in [1.54, 1.807) is 6.08 Å². The Morgan fingerprint density at radius 3 is 2.71 bits per heavy atom. The highest BCUT2D eigenvalue weighted by Gasteiger charge is 2.30. The first-order valence-electron chi connectivity index (χ1n) is 8.47. The maximum Gasteiger partial charge on any atom is 0.251 e. The number of benzene rings is 1. The standard InChI is InChI=1S/C19H20FN2O2/c1-11-8-13(20)4-5-14(11)19(23)21-18-7-6-15(12-2-3-12)16-9-22(24)10-17(16)18/h4-7,11-12H,2-3,8-10H2,1H3,(H,21,23)/q-1. The Balaban J connectivity index is 1.61. The van der Waals surface area contributed by atoms with Gasteiger partial charge in [-0.2, -0.15) is 0 Å². The summed E-state index contributed by atoms with van der Waals surface area (Å²) in [5.74, 6) is 0.0154.